The zero-order valence-corrected chi connectivity index (χ0v) is 13.2. The summed E-state index contributed by atoms with van der Waals surface area (Å²) in [5.74, 6) is 1.24. The third-order valence-corrected chi connectivity index (χ3v) is 3.70. The number of ether oxygens (including phenoxy) is 1. The molecule has 0 aromatic carbocycles. The van der Waals surface area contributed by atoms with Gasteiger partial charge in [0.25, 0.3) is 0 Å². The Morgan fingerprint density at radius 3 is 3.05 bits per heavy atom. The second kappa shape index (κ2) is 7.56. The molecule has 1 unspecified atom stereocenters. The Balaban J connectivity index is 2.25. The van der Waals surface area contributed by atoms with Crippen LogP contribution in [0, 0.1) is 0 Å². The number of carbonyl (C=O) groups is 1. The number of hydrogen-bond acceptors (Lipinski definition) is 5. The van der Waals surface area contributed by atoms with Gasteiger partial charge in [-0.05, 0) is 26.2 Å². The van der Waals surface area contributed by atoms with E-state index in [4.69, 9.17) is 16.3 Å². The molecule has 21 heavy (non-hydrogen) atoms. The number of piperidine rings is 1. The molecule has 1 aromatic rings. The summed E-state index contributed by atoms with van der Waals surface area (Å²) in [6.07, 6.45) is 2.90. The molecule has 1 fully saturated rings. The minimum atomic E-state index is -0.199. The molecular weight excluding hydrogens is 292 g/mol. The number of hydrogen-bond donors (Lipinski definition) is 1. The lowest BCUT2D eigenvalue weighted by molar-refractivity contribution is -0.122. The van der Waals surface area contributed by atoms with Gasteiger partial charge in [-0.15, -0.1) is 0 Å². The predicted octanol–water partition coefficient (Wildman–Crippen LogP) is 1.77. The molecule has 1 atom stereocenters. The van der Waals surface area contributed by atoms with Gasteiger partial charge in [-0.2, -0.15) is 0 Å². The van der Waals surface area contributed by atoms with Gasteiger partial charge in [-0.3, -0.25) is 4.79 Å². The molecule has 2 rings (SSSR count). The van der Waals surface area contributed by atoms with E-state index < -0.39 is 0 Å². The van der Waals surface area contributed by atoms with E-state index in [0.717, 1.165) is 25.8 Å². The van der Waals surface area contributed by atoms with Crippen LogP contribution < -0.4 is 10.2 Å². The van der Waals surface area contributed by atoms with Crippen molar-refractivity contribution in [2.75, 3.05) is 25.1 Å². The van der Waals surface area contributed by atoms with E-state index in [2.05, 4.69) is 15.3 Å². The highest BCUT2D eigenvalue weighted by atomic mass is 35.5. The highest BCUT2D eigenvalue weighted by Crippen LogP contribution is 2.25. The molecular formula is C14H21ClN4O2. The molecule has 0 saturated carbocycles. The summed E-state index contributed by atoms with van der Waals surface area (Å²) < 4.78 is 5.33. The lowest BCUT2D eigenvalue weighted by atomic mass is 10.0. The maximum absolute atomic E-state index is 12.0. The first-order valence-corrected chi connectivity index (χ1v) is 7.63. The van der Waals surface area contributed by atoms with Crippen LogP contribution in [-0.4, -0.2) is 42.1 Å². The number of halogens is 1. The van der Waals surface area contributed by atoms with Gasteiger partial charge in [-0.25, -0.2) is 9.97 Å². The SMILES string of the molecule is CCOCc1nc(Cl)cc(N2CCCCC2C(=O)NC)n1. The van der Waals surface area contributed by atoms with Crippen LogP contribution in [0.25, 0.3) is 0 Å². The molecule has 1 amide bonds. The molecule has 0 spiro atoms. The molecule has 1 saturated heterocycles. The van der Waals surface area contributed by atoms with Gasteiger partial charge in [0.05, 0.1) is 0 Å². The van der Waals surface area contributed by atoms with Crippen LogP contribution in [0.2, 0.25) is 5.15 Å². The zero-order valence-electron chi connectivity index (χ0n) is 12.4. The van der Waals surface area contributed by atoms with Crippen molar-refractivity contribution in [3.63, 3.8) is 0 Å². The van der Waals surface area contributed by atoms with Crippen molar-refractivity contribution in [2.24, 2.45) is 0 Å². The maximum atomic E-state index is 12.0. The Hall–Kier alpha value is -1.40. The minimum Gasteiger partial charge on any atom is -0.374 e. The van der Waals surface area contributed by atoms with E-state index in [-0.39, 0.29) is 11.9 Å². The molecule has 6 nitrogen and oxygen atoms in total. The molecule has 0 aliphatic carbocycles. The topological polar surface area (TPSA) is 67.3 Å². The molecule has 1 aliphatic heterocycles. The number of nitrogens with one attached hydrogen (secondary N) is 1. The monoisotopic (exact) mass is 312 g/mol. The average Bonchev–Trinajstić information content (AvgIpc) is 2.51. The van der Waals surface area contributed by atoms with Gasteiger partial charge in [0.2, 0.25) is 5.91 Å². The summed E-state index contributed by atoms with van der Waals surface area (Å²) >= 11 is 6.08. The first-order chi connectivity index (χ1) is 10.2. The van der Waals surface area contributed by atoms with Crippen molar-refractivity contribution in [1.29, 1.82) is 0 Å². The molecule has 1 aromatic heterocycles. The maximum Gasteiger partial charge on any atom is 0.242 e. The Bertz CT molecular complexity index is 498. The summed E-state index contributed by atoms with van der Waals surface area (Å²) in [5, 5.41) is 3.09. The van der Waals surface area contributed by atoms with Crippen molar-refractivity contribution >= 4 is 23.3 Å². The molecule has 0 bridgehead atoms. The van der Waals surface area contributed by atoms with Crippen LogP contribution in [-0.2, 0) is 16.1 Å². The Kier molecular flexibility index (Phi) is 5.76. The molecule has 2 heterocycles. The van der Waals surface area contributed by atoms with E-state index in [9.17, 15) is 4.79 Å². The predicted molar refractivity (Wildman–Crippen MR) is 81.4 cm³/mol. The van der Waals surface area contributed by atoms with Crippen molar-refractivity contribution in [3.05, 3.63) is 17.0 Å². The number of nitrogens with zero attached hydrogens (tertiary/aromatic N) is 3. The number of likely N-dealkylation sites (N-methyl/N-ethyl adjacent to an activating group) is 1. The number of rotatable bonds is 5. The van der Waals surface area contributed by atoms with Crippen LogP contribution in [0.4, 0.5) is 5.82 Å². The number of anilines is 1. The van der Waals surface area contributed by atoms with E-state index in [0.29, 0.717) is 30.0 Å². The van der Waals surface area contributed by atoms with E-state index in [1.54, 1.807) is 13.1 Å². The number of amides is 1. The van der Waals surface area contributed by atoms with Crippen molar-refractivity contribution in [3.8, 4) is 0 Å². The second-order valence-electron chi connectivity index (χ2n) is 4.92. The molecule has 116 valence electrons. The normalized spacial score (nSPS) is 18.6. The summed E-state index contributed by atoms with van der Waals surface area (Å²) in [6.45, 7) is 3.62. The minimum absolute atomic E-state index is 0.00999. The van der Waals surface area contributed by atoms with E-state index in [1.807, 2.05) is 11.8 Å². The van der Waals surface area contributed by atoms with Crippen LogP contribution in [0.1, 0.15) is 32.0 Å². The first kappa shape index (κ1) is 16.0. The lowest BCUT2D eigenvalue weighted by Crippen LogP contribution is -2.49. The smallest absolute Gasteiger partial charge is 0.242 e. The fraction of sp³-hybridized carbons (Fsp3) is 0.643. The quantitative estimate of drug-likeness (QED) is 0.839. The second-order valence-corrected chi connectivity index (χ2v) is 5.31. The fourth-order valence-corrected chi connectivity index (χ4v) is 2.70. The van der Waals surface area contributed by atoms with Crippen LogP contribution in [0.5, 0.6) is 0 Å². The van der Waals surface area contributed by atoms with Crippen molar-refractivity contribution in [1.82, 2.24) is 15.3 Å². The van der Waals surface area contributed by atoms with E-state index in [1.165, 1.54) is 0 Å². The Morgan fingerprint density at radius 1 is 1.52 bits per heavy atom. The van der Waals surface area contributed by atoms with Crippen molar-refractivity contribution in [2.45, 2.75) is 38.8 Å². The largest absolute Gasteiger partial charge is 0.374 e. The average molecular weight is 313 g/mol. The Labute approximate surface area is 129 Å². The van der Waals surface area contributed by atoms with Gasteiger partial charge in [-0.1, -0.05) is 11.6 Å². The standard InChI is InChI=1S/C14H21ClN4O2/c1-3-21-9-12-17-11(15)8-13(18-12)19-7-5-4-6-10(19)14(20)16-2/h8,10H,3-7,9H2,1-2H3,(H,16,20). The molecule has 1 aliphatic rings. The summed E-state index contributed by atoms with van der Waals surface area (Å²) in [6, 6.07) is 1.51. The summed E-state index contributed by atoms with van der Waals surface area (Å²) in [4.78, 5) is 22.7. The van der Waals surface area contributed by atoms with Gasteiger partial charge in [0.1, 0.15) is 23.6 Å². The zero-order chi connectivity index (χ0) is 15.2. The number of aromatic nitrogens is 2. The Morgan fingerprint density at radius 2 is 2.33 bits per heavy atom. The highest BCUT2D eigenvalue weighted by molar-refractivity contribution is 6.29. The van der Waals surface area contributed by atoms with Crippen molar-refractivity contribution < 1.29 is 9.53 Å². The van der Waals surface area contributed by atoms with Gasteiger partial charge in [0.15, 0.2) is 5.82 Å². The van der Waals surface area contributed by atoms with Gasteiger partial charge >= 0.3 is 0 Å². The van der Waals surface area contributed by atoms with Crippen LogP contribution in [0.3, 0.4) is 0 Å². The van der Waals surface area contributed by atoms with Crippen LogP contribution in [0.15, 0.2) is 6.07 Å². The first-order valence-electron chi connectivity index (χ1n) is 7.25. The van der Waals surface area contributed by atoms with Gasteiger partial charge < -0.3 is 15.0 Å². The van der Waals surface area contributed by atoms with Crippen LogP contribution >= 0.6 is 11.6 Å². The third-order valence-electron chi connectivity index (χ3n) is 3.51. The summed E-state index contributed by atoms with van der Waals surface area (Å²) in [7, 11) is 1.66. The molecule has 7 heteroatoms. The van der Waals surface area contributed by atoms with Gasteiger partial charge in [0, 0.05) is 26.3 Å². The summed E-state index contributed by atoms with van der Waals surface area (Å²) in [5.41, 5.74) is 0. The third kappa shape index (κ3) is 4.04. The molecule has 0 radical (unpaired) electrons. The molecule has 1 N–H and O–H groups in total. The highest BCUT2D eigenvalue weighted by Gasteiger charge is 2.29. The lowest BCUT2D eigenvalue weighted by Gasteiger charge is -2.35. The number of carbonyl (C=O) groups excluding carboxylic acids is 1. The fourth-order valence-electron chi connectivity index (χ4n) is 2.50. The van der Waals surface area contributed by atoms with E-state index >= 15 is 0 Å².